The maximum absolute atomic E-state index is 11.8. The Morgan fingerprint density at radius 3 is 2.52 bits per heavy atom. The van der Waals surface area contributed by atoms with Crippen LogP contribution in [0.5, 0.6) is 5.75 Å². The lowest BCUT2D eigenvalue weighted by Crippen LogP contribution is -2.51. The van der Waals surface area contributed by atoms with Gasteiger partial charge in [0.25, 0.3) is 0 Å². The van der Waals surface area contributed by atoms with Crippen LogP contribution in [-0.4, -0.2) is 43.5 Å². The molecule has 0 bridgehead atoms. The van der Waals surface area contributed by atoms with Crippen LogP contribution in [0, 0.1) is 0 Å². The number of rotatable bonds is 9. The Hall–Kier alpha value is -1.59. The largest absolute Gasteiger partial charge is 0.494 e. The van der Waals surface area contributed by atoms with Crippen molar-refractivity contribution in [3.63, 3.8) is 0 Å². The number of ether oxygens (including phenoxy) is 2. The molecule has 0 aliphatic rings. The number of esters is 1. The van der Waals surface area contributed by atoms with Gasteiger partial charge in [-0.2, -0.15) is 0 Å². The molecular formula is C16H25NO4. The summed E-state index contributed by atoms with van der Waals surface area (Å²) >= 11 is 0. The normalized spacial score (nSPS) is 13.5. The van der Waals surface area contributed by atoms with Gasteiger partial charge in [-0.1, -0.05) is 19.1 Å². The van der Waals surface area contributed by atoms with Gasteiger partial charge in [0, 0.05) is 13.0 Å². The molecule has 0 fully saturated rings. The smallest absolute Gasteiger partial charge is 0.325 e. The number of hydrogen-bond acceptors (Lipinski definition) is 5. The van der Waals surface area contributed by atoms with Crippen molar-refractivity contribution in [2.45, 2.75) is 32.2 Å². The molecule has 1 aromatic rings. The first-order valence-electron chi connectivity index (χ1n) is 7.21. The molecule has 0 saturated heterocycles. The van der Waals surface area contributed by atoms with Crippen LogP contribution in [0.2, 0.25) is 0 Å². The highest BCUT2D eigenvalue weighted by molar-refractivity contribution is 5.80. The monoisotopic (exact) mass is 295 g/mol. The summed E-state index contributed by atoms with van der Waals surface area (Å²) in [7, 11) is 1.39. The summed E-state index contributed by atoms with van der Waals surface area (Å²) in [5.41, 5.74) is 0.331. The van der Waals surface area contributed by atoms with Crippen molar-refractivity contribution in [1.82, 2.24) is 5.32 Å². The number of methoxy groups -OCH3 is 1. The molecule has 0 saturated carbocycles. The van der Waals surface area contributed by atoms with E-state index in [0.717, 1.165) is 11.3 Å². The Morgan fingerprint density at radius 2 is 2.00 bits per heavy atom. The molecule has 1 atom stereocenters. The molecular weight excluding hydrogens is 270 g/mol. The van der Waals surface area contributed by atoms with E-state index in [-0.39, 0.29) is 12.6 Å². The van der Waals surface area contributed by atoms with E-state index in [1.807, 2.05) is 38.1 Å². The van der Waals surface area contributed by atoms with Crippen molar-refractivity contribution >= 4 is 5.97 Å². The van der Waals surface area contributed by atoms with E-state index >= 15 is 0 Å². The van der Waals surface area contributed by atoms with Crippen molar-refractivity contribution in [2.75, 3.05) is 26.9 Å². The first-order valence-corrected chi connectivity index (χ1v) is 7.21. The Bertz CT molecular complexity index is 432. The van der Waals surface area contributed by atoms with Gasteiger partial charge < -0.3 is 19.9 Å². The van der Waals surface area contributed by atoms with Crippen molar-refractivity contribution in [3.8, 4) is 5.75 Å². The molecule has 21 heavy (non-hydrogen) atoms. The fourth-order valence-electron chi connectivity index (χ4n) is 2.13. The fraction of sp³-hybridized carbons (Fsp3) is 0.562. The molecule has 0 heterocycles. The Morgan fingerprint density at radius 1 is 1.33 bits per heavy atom. The predicted molar refractivity (Wildman–Crippen MR) is 81.4 cm³/mol. The molecule has 0 aliphatic carbocycles. The van der Waals surface area contributed by atoms with E-state index in [1.54, 1.807) is 0 Å². The van der Waals surface area contributed by atoms with E-state index in [9.17, 15) is 4.79 Å². The fourth-order valence-corrected chi connectivity index (χ4v) is 2.13. The average molecular weight is 295 g/mol. The third-order valence-electron chi connectivity index (χ3n) is 3.40. The Balaban J connectivity index is 2.51. The van der Waals surface area contributed by atoms with E-state index < -0.39 is 5.54 Å². The highest BCUT2D eigenvalue weighted by atomic mass is 16.5. The van der Waals surface area contributed by atoms with Gasteiger partial charge in [-0.15, -0.1) is 0 Å². The van der Waals surface area contributed by atoms with Gasteiger partial charge >= 0.3 is 5.97 Å². The van der Waals surface area contributed by atoms with Crippen molar-refractivity contribution in [3.05, 3.63) is 29.8 Å². The van der Waals surface area contributed by atoms with Crippen LogP contribution in [0.4, 0.5) is 0 Å². The number of hydrogen-bond donors (Lipinski definition) is 2. The molecule has 2 N–H and O–H groups in total. The molecule has 118 valence electrons. The summed E-state index contributed by atoms with van der Waals surface area (Å²) in [6.07, 6.45) is 1.16. The van der Waals surface area contributed by atoms with Crippen LogP contribution >= 0.6 is 0 Å². The van der Waals surface area contributed by atoms with E-state index in [2.05, 4.69) is 5.32 Å². The topological polar surface area (TPSA) is 67.8 Å². The highest BCUT2D eigenvalue weighted by Crippen LogP contribution is 2.16. The van der Waals surface area contributed by atoms with Crippen molar-refractivity contribution in [2.24, 2.45) is 0 Å². The number of carbonyl (C=O) groups is 1. The maximum Gasteiger partial charge on any atom is 0.325 e. The Labute approximate surface area is 126 Å². The summed E-state index contributed by atoms with van der Waals surface area (Å²) < 4.78 is 10.5. The van der Waals surface area contributed by atoms with Crippen molar-refractivity contribution in [1.29, 1.82) is 0 Å². The number of carbonyl (C=O) groups excluding carboxylic acids is 1. The van der Waals surface area contributed by atoms with Crippen LogP contribution in [0.15, 0.2) is 24.3 Å². The summed E-state index contributed by atoms with van der Waals surface area (Å²) in [6, 6.07) is 7.59. The summed E-state index contributed by atoms with van der Waals surface area (Å²) in [5.74, 6) is 0.464. The van der Waals surface area contributed by atoms with Crippen LogP contribution in [-0.2, 0) is 16.0 Å². The van der Waals surface area contributed by atoms with E-state index in [4.69, 9.17) is 14.6 Å². The quantitative estimate of drug-likeness (QED) is 0.676. The molecule has 0 aliphatic heterocycles. The second kappa shape index (κ2) is 8.64. The summed E-state index contributed by atoms with van der Waals surface area (Å²) in [5, 5.41) is 12.0. The first-order chi connectivity index (χ1) is 10.1. The molecule has 0 aromatic heterocycles. The molecule has 1 rings (SSSR count). The lowest BCUT2D eigenvalue weighted by atomic mass is 9.98. The number of aliphatic hydroxyl groups is 1. The average Bonchev–Trinajstić information content (AvgIpc) is 2.48. The number of aliphatic hydroxyl groups excluding tert-OH is 1. The lowest BCUT2D eigenvalue weighted by molar-refractivity contribution is -0.148. The van der Waals surface area contributed by atoms with E-state index in [0.29, 0.717) is 26.0 Å². The molecule has 1 aromatic carbocycles. The Kier molecular flexibility index (Phi) is 7.19. The molecule has 5 nitrogen and oxygen atoms in total. The van der Waals surface area contributed by atoms with Crippen LogP contribution in [0.1, 0.15) is 25.8 Å². The minimum atomic E-state index is -0.736. The second-order valence-corrected chi connectivity index (χ2v) is 5.07. The zero-order valence-electron chi connectivity index (χ0n) is 13.0. The SMILES string of the molecule is CCNC(C)(CCOc1ccc(CCO)cc1)C(=O)OC. The van der Waals surface area contributed by atoms with Gasteiger partial charge in [0.15, 0.2) is 0 Å². The summed E-state index contributed by atoms with van der Waals surface area (Å²) in [6.45, 7) is 5.00. The van der Waals surface area contributed by atoms with Gasteiger partial charge in [-0.25, -0.2) is 0 Å². The van der Waals surface area contributed by atoms with E-state index in [1.165, 1.54) is 7.11 Å². The molecule has 0 radical (unpaired) electrons. The third-order valence-corrected chi connectivity index (χ3v) is 3.40. The minimum absolute atomic E-state index is 0.139. The van der Waals surface area contributed by atoms with Gasteiger partial charge in [0.1, 0.15) is 11.3 Å². The van der Waals surface area contributed by atoms with Crippen LogP contribution in [0.25, 0.3) is 0 Å². The number of likely N-dealkylation sites (N-methyl/N-ethyl adjacent to an activating group) is 1. The van der Waals surface area contributed by atoms with Gasteiger partial charge in [-0.05, 0) is 37.6 Å². The number of benzene rings is 1. The van der Waals surface area contributed by atoms with Gasteiger partial charge in [0.2, 0.25) is 0 Å². The zero-order valence-corrected chi connectivity index (χ0v) is 13.0. The van der Waals surface area contributed by atoms with Gasteiger partial charge in [0.05, 0.1) is 13.7 Å². The van der Waals surface area contributed by atoms with Gasteiger partial charge in [-0.3, -0.25) is 4.79 Å². The zero-order chi connectivity index (χ0) is 15.7. The highest BCUT2D eigenvalue weighted by Gasteiger charge is 2.33. The number of nitrogens with one attached hydrogen (secondary N) is 1. The first kappa shape index (κ1) is 17.5. The van der Waals surface area contributed by atoms with Crippen LogP contribution < -0.4 is 10.1 Å². The summed E-state index contributed by atoms with van der Waals surface area (Å²) in [4.78, 5) is 11.8. The standard InChI is InChI=1S/C16H25NO4/c1-4-17-16(2,15(19)20-3)10-12-21-14-7-5-13(6-8-14)9-11-18/h5-8,17-18H,4,9-12H2,1-3H3. The molecule has 0 amide bonds. The van der Waals surface area contributed by atoms with Crippen LogP contribution in [0.3, 0.4) is 0 Å². The predicted octanol–water partition coefficient (Wildman–Crippen LogP) is 1.53. The minimum Gasteiger partial charge on any atom is -0.494 e. The maximum atomic E-state index is 11.8. The molecule has 0 spiro atoms. The van der Waals surface area contributed by atoms with Crippen molar-refractivity contribution < 1.29 is 19.4 Å². The molecule has 5 heteroatoms. The lowest BCUT2D eigenvalue weighted by Gasteiger charge is -2.27. The second-order valence-electron chi connectivity index (χ2n) is 5.07. The molecule has 1 unspecified atom stereocenters. The third kappa shape index (κ3) is 5.36.